The Morgan fingerprint density at radius 3 is 2.18 bits per heavy atom. The number of carbonyl (C=O) groups excluding carboxylic acids is 2. The Balaban J connectivity index is 2.06. The predicted octanol–water partition coefficient (Wildman–Crippen LogP) is 4.67. The summed E-state index contributed by atoms with van der Waals surface area (Å²) in [6.07, 6.45) is 0. The number of nitrogens with one attached hydrogen (secondary N) is 1. The van der Waals surface area contributed by atoms with Crippen molar-refractivity contribution in [3.63, 3.8) is 0 Å². The molecule has 3 aromatic rings. The summed E-state index contributed by atoms with van der Waals surface area (Å²) in [4.78, 5) is 27.6. The van der Waals surface area contributed by atoms with Crippen molar-refractivity contribution in [3.8, 4) is 5.75 Å². The highest BCUT2D eigenvalue weighted by Crippen LogP contribution is 2.32. The molecule has 0 fully saturated rings. The van der Waals surface area contributed by atoms with Crippen molar-refractivity contribution in [2.45, 2.75) is 31.3 Å². The van der Waals surface area contributed by atoms with Crippen LogP contribution >= 0.6 is 23.2 Å². The van der Waals surface area contributed by atoms with Crippen LogP contribution in [0.3, 0.4) is 0 Å². The minimum Gasteiger partial charge on any atom is -0.495 e. The second kappa shape index (κ2) is 12.5. The van der Waals surface area contributed by atoms with Crippen molar-refractivity contribution < 1.29 is 22.7 Å². The Morgan fingerprint density at radius 1 is 1.00 bits per heavy atom. The van der Waals surface area contributed by atoms with E-state index in [2.05, 4.69) is 5.32 Å². The molecule has 3 rings (SSSR count). The molecule has 0 saturated heterocycles. The van der Waals surface area contributed by atoms with Crippen LogP contribution in [0.4, 0.5) is 5.69 Å². The first-order valence-corrected chi connectivity index (χ1v) is 13.9. The molecule has 0 spiro atoms. The molecule has 0 aliphatic carbocycles. The summed E-state index contributed by atoms with van der Waals surface area (Å²) in [7, 11) is -1.28. The van der Waals surface area contributed by atoms with Gasteiger partial charge in [0.25, 0.3) is 10.0 Å². The molecule has 3 aromatic carbocycles. The Morgan fingerprint density at radius 2 is 1.63 bits per heavy atom. The second-order valence-corrected chi connectivity index (χ2v) is 11.3. The third-order valence-electron chi connectivity index (χ3n) is 5.99. The Bertz CT molecular complexity index is 1400. The summed E-state index contributed by atoms with van der Waals surface area (Å²) < 4.78 is 33.8. The monoisotopic (exact) mass is 577 g/mol. The lowest BCUT2D eigenvalue weighted by Gasteiger charge is -2.32. The van der Waals surface area contributed by atoms with Crippen LogP contribution in [0, 0.1) is 6.92 Å². The number of methoxy groups -OCH3 is 1. The SMILES string of the molecule is CNC(=O)[C@H](C)N(Cc1ccc(Cl)cc1)C(=O)CN(c1ccc(OC)c(Cl)c1)S(=O)(=O)c1ccc(C)cc1. The molecule has 0 saturated carbocycles. The number of carbonyl (C=O) groups is 2. The molecule has 0 radical (unpaired) electrons. The fourth-order valence-electron chi connectivity index (χ4n) is 3.75. The Labute approximate surface area is 233 Å². The molecule has 0 aliphatic rings. The minimum atomic E-state index is -4.20. The molecule has 0 aliphatic heterocycles. The maximum Gasteiger partial charge on any atom is 0.264 e. The zero-order chi connectivity index (χ0) is 28.0. The highest BCUT2D eigenvalue weighted by molar-refractivity contribution is 7.92. The normalized spacial score (nSPS) is 11.9. The fraction of sp³-hybridized carbons (Fsp3) is 0.259. The van der Waals surface area contributed by atoms with Crippen LogP contribution in [-0.2, 0) is 26.2 Å². The number of hydrogen-bond acceptors (Lipinski definition) is 5. The molecule has 38 heavy (non-hydrogen) atoms. The van der Waals surface area contributed by atoms with E-state index >= 15 is 0 Å². The van der Waals surface area contributed by atoms with Crippen LogP contribution in [0.1, 0.15) is 18.1 Å². The minimum absolute atomic E-state index is 0.00596. The first kappa shape index (κ1) is 29.3. The summed E-state index contributed by atoms with van der Waals surface area (Å²) in [5, 5.41) is 3.25. The van der Waals surface area contributed by atoms with Crippen LogP contribution in [0.2, 0.25) is 10.0 Å². The molecule has 8 nitrogen and oxygen atoms in total. The number of anilines is 1. The van der Waals surface area contributed by atoms with Gasteiger partial charge in [0.2, 0.25) is 11.8 Å². The number of hydrogen-bond donors (Lipinski definition) is 1. The number of rotatable bonds is 10. The number of amides is 2. The fourth-order valence-corrected chi connectivity index (χ4v) is 5.54. The van der Waals surface area contributed by atoms with Gasteiger partial charge in [-0.15, -0.1) is 0 Å². The highest BCUT2D eigenvalue weighted by atomic mass is 35.5. The van der Waals surface area contributed by atoms with Gasteiger partial charge in [0.05, 0.1) is 22.7 Å². The van der Waals surface area contributed by atoms with Crippen LogP contribution < -0.4 is 14.4 Å². The highest BCUT2D eigenvalue weighted by Gasteiger charge is 2.32. The van der Waals surface area contributed by atoms with Gasteiger partial charge in [0.1, 0.15) is 18.3 Å². The van der Waals surface area contributed by atoms with Gasteiger partial charge in [-0.05, 0) is 61.9 Å². The predicted molar refractivity (Wildman–Crippen MR) is 149 cm³/mol. The molecular formula is C27H29Cl2N3O5S. The molecule has 2 amide bonds. The topological polar surface area (TPSA) is 96.0 Å². The van der Waals surface area contributed by atoms with Crippen LogP contribution in [0.5, 0.6) is 5.75 Å². The molecule has 202 valence electrons. The quantitative estimate of drug-likeness (QED) is 0.378. The van der Waals surface area contributed by atoms with Gasteiger partial charge >= 0.3 is 0 Å². The van der Waals surface area contributed by atoms with Crippen molar-refractivity contribution in [1.82, 2.24) is 10.2 Å². The lowest BCUT2D eigenvalue weighted by atomic mass is 10.1. The van der Waals surface area contributed by atoms with E-state index in [0.29, 0.717) is 10.8 Å². The number of aryl methyl sites for hydroxylation is 1. The van der Waals surface area contributed by atoms with Gasteiger partial charge in [0, 0.05) is 18.6 Å². The van der Waals surface area contributed by atoms with Gasteiger partial charge < -0.3 is 15.0 Å². The summed E-state index contributed by atoms with van der Waals surface area (Å²) in [6.45, 7) is 2.91. The lowest BCUT2D eigenvalue weighted by Crippen LogP contribution is -2.50. The molecule has 0 unspecified atom stereocenters. The van der Waals surface area contributed by atoms with E-state index in [-0.39, 0.29) is 22.2 Å². The smallest absolute Gasteiger partial charge is 0.264 e. The van der Waals surface area contributed by atoms with E-state index < -0.39 is 34.4 Å². The first-order valence-electron chi connectivity index (χ1n) is 11.7. The average molecular weight is 579 g/mol. The van der Waals surface area contributed by atoms with Gasteiger partial charge in [0.15, 0.2) is 0 Å². The summed E-state index contributed by atoms with van der Waals surface area (Å²) >= 11 is 12.3. The second-order valence-electron chi connectivity index (χ2n) is 8.58. The molecule has 0 bridgehead atoms. The van der Waals surface area contributed by atoms with E-state index in [1.807, 2.05) is 6.92 Å². The third-order valence-corrected chi connectivity index (χ3v) is 8.33. The molecular weight excluding hydrogens is 549 g/mol. The van der Waals surface area contributed by atoms with Crippen molar-refractivity contribution in [1.29, 1.82) is 0 Å². The number of nitrogens with zero attached hydrogens (tertiary/aromatic N) is 2. The van der Waals surface area contributed by atoms with E-state index in [1.54, 1.807) is 43.3 Å². The van der Waals surface area contributed by atoms with Crippen molar-refractivity contribution in [3.05, 3.63) is 87.9 Å². The lowest BCUT2D eigenvalue weighted by molar-refractivity contribution is -0.139. The van der Waals surface area contributed by atoms with Crippen molar-refractivity contribution in [2.24, 2.45) is 0 Å². The van der Waals surface area contributed by atoms with Crippen LogP contribution in [0.25, 0.3) is 0 Å². The van der Waals surface area contributed by atoms with E-state index in [0.717, 1.165) is 15.4 Å². The van der Waals surface area contributed by atoms with Gasteiger partial charge in [-0.25, -0.2) is 8.42 Å². The summed E-state index contributed by atoms with van der Waals surface area (Å²) in [5.74, 6) is -0.626. The van der Waals surface area contributed by atoms with Crippen LogP contribution in [0.15, 0.2) is 71.6 Å². The number of sulfonamides is 1. The molecule has 11 heteroatoms. The molecule has 0 heterocycles. The molecule has 0 aromatic heterocycles. The molecule has 1 N–H and O–H groups in total. The zero-order valence-electron chi connectivity index (χ0n) is 21.4. The average Bonchev–Trinajstić information content (AvgIpc) is 2.90. The van der Waals surface area contributed by atoms with E-state index in [1.165, 1.54) is 49.4 Å². The number of halogens is 2. The van der Waals surface area contributed by atoms with E-state index in [9.17, 15) is 18.0 Å². The third kappa shape index (κ3) is 6.78. The van der Waals surface area contributed by atoms with E-state index in [4.69, 9.17) is 27.9 Å². The summed E-state index contributed by atoms with van der Waals surface area (Å²) in [5.41, 5.74) is 1.77. The largest absolute Gasteiger partial charge is 0.495 e. The van der Waals surface area contributed by atoms with Gasteiger partial charge in [-0.1, -0.05) is 53.0 Å². The Kier molecular flexibility index (Phi) is 9.65. The maximum absolute atomic E-state index is 13.8. The zero-order valence-corrected chi connectivity index (χ0v) is 23.8. The maximum atomic E-state index is 13.8. The summed E-state index contributed by atoms with van der Waals surface area (Å²) in [6, 6.07) is 16.7. The van der Waals surface area contributed by atoms with Crippen molar-refractivity contribution in [2.75, 3.05) is 25.0 Å². The Hall–Kier alpha value is -3.27. The standard InChI is InChI=1S/C27H29Cl2N3O5S/c1-18-5-12-23(13-6-18)38(35,36)32(22-11-14-25(37-4)24(29)15-22)17-26(33)31(19(2)27(34)30-3)16-20-7-9-21(28)10-8-20/h5-15,19H,16-17H2,1-4H3,(H,30,34)/t19-/m0/s1. The van der Waals surface area contributed by atoms with Crippen molar-refractivity contribution >= 4 is 50.7 Å². The first-order chi connectivity index (χ1) is 18.0. The van der Waals surface area contributed by atoms with Crippen LogP contribution in [-0.4, -0.2) is 51.9 Å². The van der Waals surface area contributed by atoms with Gasteiger partial charge in [-0.2, -0.15) is 0 Å². The number of ether oxygens (including phenoxy) is 1. The number of benzene rings is 3. The number of likely N-dealkylation sites (N-methyl/N-ethyl adjacent to an activating group) is 1. The van der Waals surface area contributed by atoms with Gasteiger partial charge in [-0.3, -0.25) is 13.9 Å². The molecule has 1 atom stereocenters.